The minimum absolute atomic E-state index is 0.0943. The molecule has 0 N–H and O–H groups in total. The van der Waals surface area contributed by atoms with Crippen LogP contribution in [0.4, 0.5) is 0 Å². The first-order chi connectivity index (χ1) is 12.2. The van der Waals surface area contributed by atoms with Crippen LogP contribution in [0.3, 0.4) is 0 Å². The zero-order chi connectivity index (χ0) is 17.2. The summed E-state index contributed by atoms with van der Waals surface area (Å²) in [4.78, 5) is 17.7. The highest BCUT2D eigenvalue weighted by Gasteiger charge is 2.23. The van der Waals surface area contributed by atoms with Gasteiger partial charge in [-0.2, -0.15) is 0 Å². The summed E-state index contributed by atoms with van der Waals surface area (Å²) in [5.74, 6) is 1.62. The van der Waals surface area contributed by atoms with Gasteiger partial charge in [0.25, 0.3) is 0 Å². The summed E-state index contributed by atoms with van der Waals surface area (Å²) < 4.78 is 2.13. The van der Waals surface area contributed by atoms with E-state index in [2.05, 4.69) is 10.6 Å². The number of hydrogen-bond donors (Lipinski definition) is 0. The number of Topliss-reactive ketones (excluding diaryl/α,β-unsaturated/α-hetero) is 1. The summed E-state index contributed by atoms with van der Waals surface area (Å²) >= 11 is 5.94. The largest absolute Gasteiger partial charge is 0.320 e. The van der Waals surface area contributed by atoms with Crippen molar-refractivity contribution in [3.63, 3.8) is 0 Å². The Balaban J connectivity index is 1.71. The van der Waals surface area contributed by atoms with Gasteiger partial charge in [-0.3, -0.25) is 4.79 Å². The molecule has 0 unspecified atom stereocenters. The fraction of sp³-hybridized carbons (Fsp3) is 0.333. The van der Waals surface area contributed by atoms with E-state index in [1.165, 1.54) is 32.1 Å². The number of aromatic nitrogens is 2. The summed E-state index contributed by atoms with van der Waals surface area (Å²) in [6.07, 6.45) is 6.13. The van der Waals surface area contributed by atoms with Gasteiger partial charge in [-0.25, -0.2) is 4.98 Å². The smallest absolute Gasteiger partial charge is 0.182 e. The molecule has 3 nitrogen and oxygen atoms in total. The number of carbonyl (C=O) groups excluding carboxylic acids is 1. The average molecular weight is 353 g/mol. The number of halogens is 1. The van der Waals surface area contributed by atoms with Gasteiger partial charge in [0.2, 0.25) is 0 Å². The van der Waals surface area contributed by atoms with E-state index in [-0.39, 0.29) is 5.78 Å². The van der Waals surface area contributed by atoms with E-state index in [4.69, 9.17) is 16.6 Å². The van der Waals surface area contributed by atoms with Crippen molar-refractivity contribution in [3.8, 4) is 0 Å². The maximum Gasteiger partial charge on any atom is 0.182 e. The lowest BCUT2D eigenvalue weighted by Crippen LogP contribution is -2.17. The molecule has 0 bridgehead atoms. The fourth-order valence-electron chi connectivity index (χ4n) is 3.80. The Morgan fingerprint density at radius 1 is 1.04 bits per heavy atom. The topological polar surface area (TPSA) is 34.9 Å². The van der Waals surface area contributed by atoms with Crippen LogP contribution < -0.4 is 0 Å². The van der Waals surface area contributed by atoms with Gasteiger partial charge in [0.15, 0.2) is 5.78 Å². The molecular formula is C21H21ClN2O. The van der Waals surface area contributed by atoms with Crippen molar-refractivity contribution < 1.29 is 4.79 Å². The standard InChI is InChI=1S/C21H21ClN2O/c22-17-12-10-15(11-13-17)20(25)14-24-19-9-5-4-8-18(19)23-21(24)16-6-2-1-3-7-16/h4-5,8-13,16H,1-3,6-7,14H2. The molecule has 2 aromatic carbocycles. The number of rotatable bonds is 4. The third kappa shape index (κ3) is 3.34. The Morgan fingerprint density at radius 2 is 1.76 bits per heavy atom. The van der Waals surface area contributed by atoms with Crippen LogP contribution in [0, 0.1) is 0 Å². The van der Waals surface area contributed by atoms with E-state index in [0.29, 0.717) is 23.0 Å². The third-order valence-electron chi connectivity index (χ3n) is 5.12. The normalized spacial score (nSPS) is 15.6. The van der Waals surface area contributed by atoms with E-state index >= 15 is 0 Å². The Morgan fingerprint density at radius 3 is 2.52 bits per heavy atom. The highest BCUT2D eigenvalue weighted by molar-refractivity contribution is 6.30. The molecule has 0 radical (unpaired) electrons. The lowest BCUT2D eigenvalue weighted by atomic mass is 9.88. The SMILES string of the molecule is O=C(Cn1c(C2CCCCC2)nc2ccccc21)c1ccc(Cl)cc1. The lowest BCUT2D eigenvalue weighted by Gasteiger charge is -2.22. The summed E-state index contributed by atoms with van der Waals surface area (Å²) in [6.45, 7) is 0.327. The molecule has 1 fully saturated rings. The zero-order valence-corrected chi connectivity index (χ0v) is 14.9. The van der Waals surface area contributed by atoms with Gasteiger partial charge in [0.1, 0.15) is 5.82 Å². The van der Waals surface area contributed by atoms with Crippen molar-refractivity contribution in [1.82, 2.24) is 9.55 Å². The van der Waals surface area contributed by atoms with Crippen molar-refractivity contribution in [2.45, 2.75) is 44.6 Å². The number of nitrogens with zero attached hydrogens (tertiary/aromatic N) is 2. The summed E-state index contributed by atoms with van der Waals surface area (Å²) in [6, 6.07) is 15.2. The maximum absolute atomic E-state index is 12.8. The van der Waals surface area contributed by atoms with Crippen LogP contribution >= 0.6 is 11.6 Å². The maximum atomic E-state index is 12.8. The van der Waals surface area contributed by atoms with Gasteiger partial charge in [-0.15, -0.1) is 0 Å². The number of para-hydroxylation sites is 2. The van der Waals surface area contributed by atoms with Gasteiger partial charge in [0, 0.05) is 16.5 Å². The molecule has 0 spiro atoms. The number of carbonyl (C=O) groups is 1. The molecular weight excluding hydrogens is 332 g/mol. The molecule has 25 heavy (non-hydrogen) atoms. The highest BCUT2D eigenvalue weighted by Crippen LogP contribution is 2.34. The van der Waals surface area contributed by atoms with Crippen LogP contribution in [0.1, 0.15) is 54.2 Å². The zero-order valence-electron chi connectivity index (χ0n) is 14.1. The van der Waals surface area contributed by atoms with E-state index in [9.17, 15) is 4.79 Å². The molecule has 1 heterocycles. The van der Waals surface area contributed by atoms with Crippen LogP contribution in [-0.4, -0.2) is 15.3 Å². The molecule has 1 aromatic heterocycles. The molecule has 4 rings (SSSR count). The predicted octanol–water partition coefficient (Wildman–Crippen LogP) is 5.62. The van der Waals surface area contributed by atoms with Crippen molar-refractivity contribution in [1.29, 1.82) is 0 Å². The number of ketones is 1. The second-order valence-electron chi connectivity index (χ2n) is 6.81. The van der Waals surface area contributed by atoms with E-state index in [1.807, 2.05) is 18.2 Å². The number of benzene rings is 2. The fourth-order valence-corrected chi connectivity index (χ4v) is 3.93. The quantitative estimate of drug-likeness (QED) is 0.571. The molecule has 0 saturated heterocycles. The lowest BCUT2D eigenvalue weighted by molar-refractivity contribution is 0.0971. The van der Waals surface area contributed by atoms with Crippen molar-refractivity contribution >= 4 is 28.4 Å². The van der Waals surface area contributed by atoms with Gasteiger partial charge < -0.3 is 4.57 Å². The second kappa shape index (κ2) is 7.01. The van der Waals surface area contributed by atoms with Gasteiger partial charge in [-0.1, -0.05) is 43.0 Å². The Kier molecular flexibility index (Phi) is 4.58. The van der Waals surface area contributed by atoms with Crippen molar-refractivity contribution in [3.05, 3.63) is 64.9 Å². The number of imidazole rings is 1. The highest BCUT2D eigenvalue weighted by atomic mass is 35.5. The van der Waals surface area contributed by atoms with Crippen molar-refractivity contribution in [2.24, 2.45) is 0 Å². The summed E-state index contributed by atoms with van der Waals surface area (Å²) in [7, 11) is 0. The van der Waals surface area contributed by atoms with Crippen LogP contribution in [0.2, 0.25) is 5.02 Å². The summed E-state index contributed by atoms with van der Waals surface area (Å²) in [5, 5.41) is 0.646. The van der Waals surface area contributed by atoms with E-state index in [0.717, 1.165) is 16.9 Å². The van der Waals surface area contributed by atoms with Crippen LogP contribution in [0.5, 0.6) is 0 Å². The predicted molar refractivity (Wildman–Crippen MR) is 101 cm³/mol. The molecule has 0 aliphatic heterocycles. The first-order valence-electron chi connectivity index (χ1n) is 8.96. The van der Waals surface area contributed by atoms with Gasteiger partial charge >= 0.3 is 0 Å². The Bertz CT molecular complexity index is 892. The Hall–Kier alpha value is -2.13. The molecule has 128 valence electrons. The van der Waals surface area contributed by atoms with Crippen LogP contribution in [0.15, 0.2) is 48.5 Å². The molecule has 0 atom stereocenters. The molecule has 1 saturated carbocycles. The van der Waals surface area contributed by atoms with Gasteiger partial charge in [-0.05, 0) is 49.2 Å². The van der Waals surface area contributed by atoms with Crippen molar-refractivity contribution in [2.75, 3.05) is 0 Å². The molecule has 1 aliphatic rings. The van der Waals surface area contributed by atoms with E-state index < -0.39 is 0 Å². The third-order valence-corrected chi connectivity index (χ3v) is 5.37. The molecule has 0 amide bonds. The summed E-state index contributed by atoms with van der Waals surface area (Å²) in [5.41, 5.74) is 2.72. The Labute approximate surface area is 152 Å². The van der Waals surface area contributed by atoms with E-state index in [1.54, 1.807) is 24.3 Å². The minimum atomic E-state index is 0.0943. The van der Waals surface area contributed by atoms with Crippen LogP contribution in [-0.2, 0) is 6.54 Å². The molecule has 4 heteroatoms. The molecule has 3 aromatic rings. The first-order valence-corrected chi connectivity index (χ1v) is 9.34. The average Bonchev–Trinajstić information content (AvgIpc) is 3.02. The molecule has 1 aliphatic carbocycles. The minimum Gasteiger partial charge on any atom is -0.320 e. The number of hydrogen-bond acceptors (Lipinski definition) is 2. The van der Waals surface area contributed by atoms with Gasteiger partial charge in [0.05, 0.1) is 17.6 Å². The second-order valence-corrected chi connectivity index (χ2v) is 7.25. The monoisotopic (exact) mass is 352 g/mol. The van der Waals surface area contributed by atoms with Crippen LogP contribution in [0.25, 0.3) is 11.0 Å². The number of fused-ring (bicyclic) bond motifs is 1. The first kappa shape index (κ1) is 16.3.